The van der Waals surface area contributed by atoms with Crippen LogP contribution in [0.3, 0.4) is 0 Å². The van der Waals surface area contributed by atoms with Crippen LogP contribution in [0.2, 0.25) is 0 Å². The number of methoxy groups -OCH3 is 1. The van der Waals surface area contributed by atoms with Gasteiger partial charge in [0.15, 0.2) is 0 Å². The van der Waals surface area contributed by atoms with Gasteiger partial charge in [0.05, 0.1) is 0 Å². The molecule has 1 aliphatic heterocycles. The number of hydrogen-bond donors (Lipinski definition) is 1. The van der Waals surface area contributed by atoms with Crippen molar-refractivity contribution in [1.82, 2.24) is 19.6 Å². The first kappa shape index (κ1) is 22.8. The molecule has 3 fully saturated rings. The van der Waals surface area contributed by atoms with E-state index in [2.05, 4.69) is 16.4 Å². The minimum atomic E-state index is -0.0906. The zero-order chi connectivity index (χ0) is 24.0. The zero-order valence-corrected chi connectivity index (χ0v) is 20.7. The molecular formula is C28H36N4O3. The maximum atomic E-state index is 13.3. The lowest BCUT2D eigenvalue weighted by Gasteiger charge is -2.32. The van der Waals surface area contributed by atoms with Crippen molar-refractivity contribution in [2.45, 2.75) is 51.4 Å². The Morgan fingerprint density at radius 1 is 1.20 bits per heavy atom. The average Bonchev–Trinajstić information content (AvgIpc) is 3.56. The van der Waals surface area contributed by atoms with Crippen LogP contribution >= 0.6 is 0 Å². The molecule has 35 heavy (non-hydrogen) atoms. The molecular weight excluding hydrogens is 440 g/mol. The van der Waals surface area contributed by atoms with E-state index in [1.807, 2.05) is 23.1 Å². The molecule has 0 radical (unpaired) electrons. The first-order valence-electron chi connectivity index (χ1n) is 13.3. The lowest BCUT2D eigenvalue weighted by atomic mass is 9.76. The topological polar surface area (TPSA) is 75.9 Å². The molecule has 0 aromatic carbocycles. The quantitative estimate of drug-likeness (QED) is 0.611. The van der Waals surface area contributed by atoms with Gasteiger partial charge in [-0.25, -0.2) is 4.98 Å². The second-order valence-electron chi connectivity index (χ2n) is 11.3. The molecule has 1 saturated heterocycles. The van der Waals surface area contributed by atoms with Crippen LogP contribution in [0.25, 0.3) is 5.65 Å². The van der Waals surface area contributed by atoms with Gasteiger partial charge in [0.2, 0.25) is 0 Å². The maximum absolute atomic E-state index is 13.3. The Balaban J connectivity index is 1.13. The van der Waals surface area contributed by atoms with Crippen LogP contribution < -0.4 is 5.32 Å². The highest BCUT2D eigenvalue weighted by Gasteiger charge is 2.50. The van der Waals surface area contributed by atoms with E-state index >= 15 is 0 Å². The molecule has 2 bridgehead atoms. The summed E-state index contributed by atoms with van der Waals surface area (Å²) < 4.78 is 6.97. The molecule has 7 heteroatoms. The summed E-state index contributed by atoms with van der Waals surface area (Å²) in [5.41, 5.74) is 3.47. The van der Waals surface area contributed by atoms with Crippen LogP contribution in [0.1, 0.15) is 72.3 Å². The van der Waals surface area contributed by atoms with Crippen molar-refractivity contribution in [3.05, 3.63) is 47.4 Å². The maximum Gasteiger partial charge on any atom is 0.274 e. The fraction of sp³-hybridized carbons (Fsp3) is 0.607. The molecule has 3 atom stereocenters. The van der Waals surface area contributed by atoms with Crippen molar-refractivity contribution in [3.8, 4) is 0 Å². The number of carbonyl (C=O) groups excluding carboxylic acids is 2. The van der Waals surface area contributed by atoms with Crippen LogP contribution in [-0.4, -0.2) is 59.4 Å². The summed E-state index contributed by atoms with van der Waals surface area (Å²) in [4.78, 5) is 32.9. The number of imidazole rings is 1. The van der Waals surface area contributed by atoms with Crippen LogP contribution in [0.4, 0.5) is 0 Å². The summed E-state index contributed by atoms with van der Waals surface area (Å²) in [6.45, 7) is 2.98. The highest BCUT2D eigenvalue weighted by Crippen LogP contribution is 2.59. The Kier molecular flexibility index (Phi) is 5.91. The number of fused-ring (bicyclic) bond motifs is 2. The summed E-state index contributed by atoms with van der Waals surface area (Å²) in [6.07, 6.45) is 13.4. The number of nitrogens with one attached hydrogen (secondary N) is 1. The molecule has 3 unspecified atom stereocenters. The normalized spacial score (nSPS) is 27.9. The second kappa shape index (κ2) is 9.08. The van der Waals surface area contributed by atoms with Gasteiger partial charge in [0.25, 0.3) is 11.8 Å². The minimum absolute atomic E-state index is 0.0496. The van der Waals surface area contributed by atoms with E-state index in [0.717, 1.165) is 63.8 Å². The van der Waals surface area contributed by atoms with Gasteiger partial charge in [0, 0.05) is 39.5 Å². The number of nitrogens with zero attached hydrogens (tertiary/aromatic N) is 3. The van der Waals surface area contributed by atoms with Crippen molar-refractivity contribution in [1.29, 1.82) is 0 Å². The van der Waals surface area contributed by atoms with E-state index in [4.69, 9.17) is 4.74 Å². The van der Waals surface area contributed by atoms with Crippen molar-refractivity contribution in [2.24, 2.45) is 23.2 Å². The molecule has 0 spiro atoms. The number of ether oxygens (including phenoxy) is 1. The number of allylic oxidation sites excluding steroid dienone is 2. The van der Waals surface area contributed by atoms with Gasteiger partial charge < -0.3 is 15.0 Å². The third-order valence-electron chi connectivity index (χ3n) is 9.19. The highest BCUT2D eigenvalue weighted by atomic mass is 16.5. The summed E-state index contributed by atoms with van der Waals surface area (Å²) in [5.74, 6) is 2.05. The van der Waals surface area contributed by atoms with Gasteiger partial charge in [0.1, 0.15) is 17.0 Å². The number of rotatable bonds is 7. The molecule has 2 saturated carbocycles. The molecule has 6 rings (SSSR count). The number of pyridine rings is 1. The summed E-state index contributed by atoms with van der Waals surface area (Å²) in [7, 11) is 1.73. The number of carbonyl (C=O) groups is 2. The Hall–Kier alpha value is -2.67. The average molecular weight is 477 g/mol. The molecule has 3 heterocycles. The van der Waals surface area contributed by atoms with Gasteiger partial charge in [-0.1, -0.05) is 17.7 Å². The number of hydrogen-bond acceptors (Lipinski definition) is 4. The fourth-order valence-corrected chi connectivity index (χ4v) is 7.20. The third kappa shape index (κ3) is 4.18. The van der Waals surface area contributed by atoms with Gasteiger partial charge in [-0.2, -0.15) is 0 Å². The predicted molar refractivity (Wildman–Crippen MR) is 133 cm³/mol. The molecule has 3 aliphatic carbocycles. The zero-order valence-electron chi connectivity index (χ0n) is 20.7. The molecule has 186 valence electrons. The first-order chi connectivity index (χ1) is 17.0. The van der Waals surface area contributed by atoms with E-state index in [-0.39, 0.29) is 17.2 Å². The van der Waals surface area contributed by atoms with Crippen LogP contribution in [0.15, 0.2) is 36.0 Å². The van der Waals surface area contributed by atoms with E-state index < -0.39 is 0 Å². The lowest BCUT2D eigenvalue weighted by molar-refractivity contribution is 0.0664. The van der Waals surface area contributed by atoms with E-state index in [1.165, 1.54) is 25.7 Å². The molecule has 1 N–H and O–H groups in total. The molecule has 4 aliphatic rings. The largest absolute Gasteiger partial charge is 0.385 e. The number of piperidine rings is 1. The van der Waals surface area contributed by atoms with E-state index in [1.54, 1.807) is 23.3 Å². The van der Waals surface area contributed by atoms with Crippen molar-refractivity contribution < 1.29 is 14.3 Å². The van der Waals surface area contributed by atoms with Crippen molar-refractivity contribution in [3.63, 3.8) is 0 Å². The molecule has 7 nitrogen and oxygen atoms in total. The second-order valence-corrected chi connectivity index (χ2v) is 11.3. The lowest BCUT2D eigenvalue weighted by Crippen LogP contribution is -2.38. The van der Waals surface area contributed by atoms with Crippen LogP contribution in [0.5, 0.6) is 0 Å². The van der Waals surface area contributed by atoms with E-state index in [0.29, 0.717) is 23.0 Å². The smallest absolute Gasteiger partial charge is 0.274 e. The Bertz CT molecular complexity index is 1160. The Labute approximate surface area is 206 Å². The summed E-state index contributed by atoms with van der Waals surface area (Å²) in [6, 6.07) is 5.52. The van der Waals surface area contributed by atoms with Gasteiger partial charge in [-0.15, -0.1) is 0 Å². The Morgan fingerprint density at radius 2 is 2.06 bits per heavy atom. The van der Waals surface area contributed by atoms with Crippen LogP contribution in [0, 0.1) is 23.2 Å². The summed E-state index contributed by atoms with van der Waals surface area (Å²) in [5, 5.41) is 3.24. The first-order valence-corrected chi connectivity index (χ1v) is 13.3. The number of likely N-dealkylation sites (tertiary alicyclic amines) is 1. The van der Waals surface area contributed by atoms with Gasteiger partial charge >= 0.3 is 0 Å². The Morgan fingerprint density at radius 3 is 2.89 bits per heavy atom. The summed E-state index contributed by atoms with van der Waals surface area (Å²) >= 11 is 0. The monoisotopic (exact) mass is 476 g/mol. The van der Waals surface area contributed by atoms with Crippen molar-refractivity contribution >= 4 is 17.5 Å². The third-order valence-corrected chi connectivity index (χ3v) is 9.19. The molecule has 2 amide bonds. The van der Waals surface area contributed by atoms with Crippen molar-refractivity contribution in [2.75, 3.05) is 33.4 Å². The number of aromatic nitrogens is 2. The highest BCUT2D eigenvalue weighted by molar-refractivity contribution is 5.95. The van der Waals surface area contributed by atoms with Crippen LogP contribution in [-0.2, 0) is 4.74 Å². The number of amides is 2. The standard InChI is InChI=1S/C28H36N4O3/c1-35-14-10-19-8-12-31(13-9-19)27(34)23-17-32-24(3-2-4-25(32)30-23)26(33)29-18-28-11-7-20-5-6-21(15-28)22(20)16-28/h2-4,7,17,19,21-22H,5-6,8-16,18H2,1H3,(H,29,33). The SMILES string of the molecule is COCCC1CCN(C(=O)c2cn3c(C(=O)NCC45CC=C6CCC(C4)C6C5)cccc3n2)CC1. The predicted octanol–water partition coefficient (Wildman–Crippen LogP) is 4.09. The minimum Gasteiger partial charge on any atom is -0.385 e. The van der Waals surface area contributed by atoms with E-state index in [9.17, 15) is 9.59 Å². The molecule has 2 aromatic rings. The fourth-order valence-electron chi connectivity index (χ4n) is 7.20. The van der Waals surface area contributed by atoms with Gasteiger partial charge in [-0.3, -0.25) is 14.0 Å². The molecule has 2 aromatic heterocycles. The van der Waals surface area contributed by atoms with Gasteiger partial charge in [-0.05, 0) is 86.7 Å².